The molecule has 0 saturated heterocycles. The Morgan fingerprint density at radius 2 is 1.95 bits per heavy atom. The summed E-state index contributed by atoms with van der Waals surface area (Å²) in [6.07, 6.45) is 7.20. The Morgan fingerprint density at radius 1 is 1.16 bits per heavy atom. The maximum atomic E-state index is 9.19. The van der Waals surface area contributed by atoms with Gasteiger partial charge in [0.25, 0.3) is 0 Å². The fourth-order valence-corrected chi connectivity index (χ4v) is 3.96. The van der Waals surface area contributed by atoms with Crippen LogP contribution in [0, 0.1) is 5.92 Å². The average Bonchev–Trinajstić information content (AvgIpc) is 2.82. The number of nitrogens with one attached hydrogen (secondary N) is 1. The van der Waals surface area contributed by atoms with Crippen LogP contribution in [0.1, 0.15) is 49.3 Å². The number of fused-ring (bicyclic) bond motifs is 1. The lowest BCUT2D eigenvalue weighted by molar-refractivity contribution is 0.171. The molecule has 19 heavy (non-hydrogen) atoms. The van der Waals surface area contributed by atoms with Gasteiger partial charge >= 0.3 is 0 Å². The van der Waals surface area contributed by atoms with Gasteiger partial charge in [0, 0.05) is 23.2 Å². The minimum absolute atomic E-state index is 0.368. The summed E-state index contributed by atoms with van der Waals surface area (Å²) < 4.78 is 1.19. The molecule has 1 fully saturated rings. The van der Waals surface area contributed by atoms with Crippen molar-refractivity contribution >= 4 is 15.9 Å². The lowest BCUT2D eigenvalue weighted by Crippen LogP contribution is -2.35. The summed E-state index contributed by atoms with van der Waals surface area (Å²) in [4.78, 5) is 0. The molecule has 0 amide bonds. The molecule has 0 radical (unpaired) electrons. The third kappa shape index (κ3) is 3.04. The first-order chi connectivity index (χ1) is 9.26. The number of halogens is 1. The van der Waals surface area contributed by atoms with Crippen LogP contribution in [0.15, 0.2) is 22.7 Å². The number of aryl methyl sites for hydroxylation is 1. The van der Waals surface area contributed by atoms with Gasteiger partial charge < -0.3 is 10.4 Å². The Bertz CT molecular complexity index is 440. The van der Waals surface area contributed by atoms with Gasteiger partial charge in [0.1, 0.15) is 0 Å². The molecule has 1 aromatic rings. The number of benzene rings is 1. The molecule has 1 unspecified atom stereocenters. The van der Waals surface area contributed by atoms with Crippen molar-refractivity contribution in [2.45, 2.75) is 50.6 Å². The van der Waals surface area contributed by atoms with Crippen LogP contribution in [-0.4, -0.2) is 17.8 Å². The molecule has 0 bridgehead atoms. The lowest BCUT2D eigenvalue weighted by Gasteiger charge is -2.30. The van der Waals surface area contributed by atoms with Crippen molar-refractivity contribution in [3.05, 3.63) is 33.8 Å². The van der Waals surface area contributed by atoms with E-state index < -0.39 is 0 Å². The molecular formula is C16H22BrNO. The first kappa shape index (κ1) is 13.6. The van der Waals surface area contributed by atoms with Gasteiger partial charge in [-0.05, 0) is 67.7 Å². The predicted octanol–water partition coefficient (Wildman–Crippen LogP) is 3.58. The molecule has 2 nitrogen and oxygen atoms in total. The number of rotatable bonds is 3. The smallest absolute Gasteiger partial charge is 0.0459 e. The molecule has 2 aliphatic carbocycles. The van der Waals surface area contributed by atoms with Crippen LogP contribution in [0.2, 0.25) is 0 Å². The normalized spacial score (nSPS) is 30.3. The number of hydrogen-bond acceptors (Lipinski definition) is 2. The second kappa shape index (κ2) is 5.94. The van der Waals surface area contributed by atoms with Crippen molar-refractivity contribution in [3.8, 4) is 0 Å². The van der Waals surface area contributed by atoms with E-state index in [0.717, 1.165) is 0 Å². The van der Waals surface area contributed by atoms with E-state index in [4.69, 9.17) is 0 Å². The molecule has 2 N–H and O–H groups in total. The van der Waals surface area contributed by atoms with Crippen molar-refractivity contribution < 1.29 is 5.11 Å². The van der Waals surface area contributed by atoms with E-state index in [-0.39, 0.29) is 0 Å². The lowest BCUT2D eigenvalue weighted by atomic mass is 9.86. The number of hydrogen-bond donors (Lipinski definition) is 2. The van der Waals surface area contributed by atoms with Crippen molar-refractivity contribution in [3.63, 3.8) is 0 Å². The summed E-state index contributed by atoms with van der Waals surface area (Å²) in [5.41, 5.74) is 2.99. The van der Waals surface area contributed by atoms with Gasteiger partial charge in [0.05, 0.1) is 0 Å². The Morgan fingerprint density at radius 3 is 2.68 bits per heavy atom. The molecule has 1 saturated carbocycles. The molecule has 0 spiro atoms. The highest BCUT2D eigenvalue weighted by molar-refractivity contribution is 9.10. The molecule has 0 heterocycles. The third-order valence-electron chi connectivity index (χ3n) is 4.72. The zero-order chi connectivity index (χ0) is 13.2. The van der Waals surface area contributed by atoms with Crippen molar-refractivity contribution in [1.82, 2.24) is 5.32 Å². The highest BCUT2D eigenvalue weighted by atomic mass is 79.9. The van der Waals surface area contributed by atoms with Crippen molar-refractivity contribution in [2.24, 2.45) is 5.92 Å². The predicted molar refractivity (Wildman–Crippen MR) is 81.2 cm³/mol. The summed E-state index contributed by atoms with van der Waals surface area (Å²) in [6, 6.07) is 7.87. The average molecular weight is 324 g/mol. The molecule has 0 aliphatic heterocycles. The van der Waals surface area contributed by atoms with Crippen LogP contribution in [0.25, 0.3) is 0 Å². The van der Waals surface area contributed by atoms with Crippen LogP contribution in [0.5, 0.6) is 0 Å². The number of aliphatic hydroxyl groups excluding tert-OH is 1. The largest absolute Gasteiger partial charge is 0.396 e. The summed E-state index contributed by atoms with van der Waals surface area (Å²) in [5.74, 6) is 0.546. The molecular weight excluding hydrogens is 302 g/mol. The zero-order valence-corrected chi connectivity index (χ0v) is 12.8. The zero-order valence-electron chi connectivity index (χ0n) is 11.2. The summed E-state index contributed by atoms with van der Waals surface area (Å²) in [7, 11) is 0. The van der Waals surface area contributed by atoms with Crippen LogP contribution in [-0.2, 0) is 6.42 Å². The molecule has 2 aliphatic rings. The van der Waals surface area contributed by atoms with Crippen molar-refractivity contribution in [2.75, 3.05) is 6.61 Å². The molecule has 3 rings (SSSR count). The van der Waals surface area contributed by atoms with Crippen LogP contribution in [0.3, 0.4) is 0 Å². The van der Waals surface area contributed by atoms with Crippen LogP contribution in [0.4, 0.5) is 0 Å². The van der Waals surface area contributed by atoms with Gasteiger partial charge in [0.2, 0.25) is 0 Å². The van der Waals surface area contributed by atoms with E-state index >= 15 is 0 Å². The molecule has 1 aromatic carbocycles. The summed E-state index contributed by atoms with van der Waals surface area (Å²) in [6.45, 7) is 0.368. The van der Waals surface area contributed by atoms with E-state index in [9.17, 15) is 5.11 Å². The van der Waals surface area contributed by atoms with Gasteiger partial charge in [0.15, 0.2) is 0 Å². The van der Waals surface area contributed by atoms with Gasteiger partial charge in [-0.3, -0.25) is 0 Å². The third-order valence-corrected chi connectivity index (χ3v) is 5.22. The highest BCUT2D eigenvalue weighted by Crippen LogP contribution is 2.35. The minimum Gasteiger partial charge on any atom is -0.396 e. The van der Waals surface area contributed by atoms with Crippen LogP contribution >= 0.6 is 15.9 Å². The Labute approximate surface area is 123 Å². The van der Waals surface area contributed by atoms with E-state index in [0.29, 0.717) is 24.6 Å². The fourth-order valence-electron chi connectivity index (χ4n) is 3.56. The SMILES string of the molecule is OCC1CCC(NC2CCc3cc(Br)ccc32)CC1. The molecule has 3 heteroatoms. The van der Waals surface area contributed by atoms with Gasteiger partial charge in [-0.2, -0.15) is 0 Å². The summed E-state index contributed by atoms with van der Waals surface area (Å²) in [5, 5.41) is 13.0. The fraction of sp³-hybridized carbons (Fsp3) is 0.625. The van der Waals surface area contributed by atoms with E-state index in [1.165, 1.54) is 54.1 Å². The van der Waals surface area contributed by atoms with E-state index in [2.05, 4.69) is 39.4 Å². The number of aliphatic hydroxyl groups is 1. The second-order valence-corrected chi connectivity index (χ2v) is 6.92. The Hall–Kier alpha value is -0.380. The molecule has 0 aromatic heterocycles. The maximum Gasteiger partial charge on any atom is 0.0459 e. The first-order valence-corrected chi connectivity index (χ1v) is 8.21. The molecule has 104 valence electrons. The summed E-state index contributed by atoms with van der Waals surface area (Å²) >= 11 is 3.55. The molecule has 1 atom stereocenters. The first-order valence-electron chi connectivity index (χ1n) is 7.41. The van der Waals surface area contributed by atoms with E-state index in [1.54, 1.807) is 0 Å². The Kier molecular flexibility index (Phi) is 4.25. The maximum absolute atomic E-state index is 9.19. The standard InChI is InChI=1S/C16H22BrNO/c17-13-4-7-15-12(9-13)3-8-16(15)18-14-5-1-11(10-19)2-6-14/h4,7,9,11,14,16,18-19H,1-3,5-6,8,10H2. The second-order valence-electron chi connectivity index (χ2n) is 6.00. The van der Waals surface area contributed by atoms with Crippen LogP contribution < -0.4 is 5.32 Å². The minimum atomic E-state index is 0.368. The Balaban J connectivity index is 1.61. The van der Waals surface area contributed by atoms with Gasteiger partial charge in [-0.25, -0.2) is 0 Å². The monoisotopic (exact) mass is 323 g/mol. The van der Waals surface area contributed by atoms with Gasteiger partial charge in [-0.1, -0.05) is 22.0 Å². The van der Waals surface area contributed by atoms with E-state index in [1.807, 2.05) is 0 Å². The topological polar surface area (TPSA) is 32.3 Å². The highest BCUT2D eigenvalue weighted by Gasteiger charge is 2.27. The van der Waals surface area contributed by atoms with Gasteiger partial charge in [-0.15, -0.1) is 0 Å². The quantitative estimate of drug-likeness (QED) is 0.891. The van der Waals surface area contributed by atoms with Crippen molar-refractivity contribution in [1.29, 1.82) is 0 Å².